The number of benzene rings is 1. The van der Waals surface area contributed by atoms with E-state index in [0.717, 1.165) is 12.8 Å². The number of nitrogens with one attached hydrogen (secondary N) is 2. The molecule has 1 aliphatic heterocycles. The average Bonchev–Trinajstić information content (AvgIpc) is 3.31. The van der Waals surface area contributed by atoms with Crippen molar-refractivity contribution >= 4 is 6.03 Å². The van der Waals surface area contributed by atoms with Crippen LogP contribution in [0.3, 0.4) is 0 Å². The minimum atomic E-state index is -4.76. The molecular formula is C18H21F3N2O3. The smallest absolute Gasteiger partial charge is 0.493 e. The van der Waals surface area contributed by atoms with Gasteiger partial charge in [-0.05, 0) is 56.1 Å². The first kappa shape index (κ1) is 17.3. The van der Waals surface area contributed by atoms with Gasteiger partial charge in [-0.1, -0.05) is 6.07 Å². The van der Waals surface area contributed by atoms with Crippen molar-refractivity contribution in [3.8, 4) is 11.5 Å². The van der Waals surface area contributed by atoms with Crippen LogP contribution >= 0.6 is 0 Å². The van der Waals surface area contributed by atoms with E-state index < -0.39 is 6.36 Å². The third kappa shape index (κ3) is 3.83. The first-order valence-corrected chi connectivity index (χ1v) is 8.97. The maximum atomic E-state index is 12.9. The van der Waals surface area contributed by atoms with Crippen LogP contribution < -0.4 is 20.1 Å². The molecule has 5 nitrogen and oxygen atoms in total. The fraction of sp³-hybridized carbons (Fsp3) is 0.611. The van der Waals surface area contributed by atoms with Crippen molar-refractivity contribution in [1.29, 1.82) is 0 Å². The molecule has 0 bridgehead atoms. The second-order valence-electron chi connectivity index (χ2n) is 7.31. The lowest BCUT2D eigenvalue weighted by molar-refractivity contribution is -0.275. The molecular weight excluding hydrogens is 349 g/mol. The second kappa shape index (κ2) is 6.55. The molecule has 3 unspecified atom stereocenters. The van der Waals surface area contributed by atoms with Crippen molar-refractivity contribution in [3.63, 3.8) is 0 Å². The molecule has 2 N–H and O–H groups in total. The Hall–Kier alpha value is -2.12. The Balaban J connectivity index is 1.61. The van der Waals surface area contributed by atoms with E-state index in [1.165, 1.54) is 12.1 Å². The summed E-state index contributed by atoms with van der Waals surface area (Å²) >= 11 is 0. The summed E-state index contributed by atoms with van der Waals surface area (Å²) in [5.41, 5.74) is 0.463. The highest BCUT2D eigenvalue weighted by Crippen LogP contribution is 2.45. The normalized spacial score (nSPS) is 28.1. The Labute approximate surface area is 149 Å². The molecule has 3 aliphatic rings. The van der Waals surface area contributed by atoms with Gasteiger partial charge in [-0.3, -0.25) is 0 Å². The van der Waals surface area contributed by atoms with E-state index in [1.54, 1.807) is 6.07 Å². The minimum Gasteiger partial charge on any atom is -0.493 e. The highest BCUT2D eigenvalue weighted by atomic mass is 19.4. The van der Waals surface area contributed by atoms with Crippen LogP contribution in [0.25, 0.3) is 0 Å². The van der Waals surface area contributed by atoms with Gasteiger partial charge < -0.3 is 20.1 Å². The van der Waals surface area contributed by atoms with Gasteiger partial charge in [0.25, 0.3) is 0 Å². The van der Waals surface area contributed by atoms with Crippen molar-refractivity contribution < 1.29 is 27.4 Å². The number of amides is 2. The van der Waals surface area contributed by atoms with E-state index in [4.69, 9.17) is 4.74 Å². The molecule has 1 heterocycles. The fourth-order valence-corrected chi connectivity index (χ4v) is 3.90. The summed E-state index contributed by atoms with van der Waals surface area (Å²) in [7, 11) is 0. The predicted molar refractivity (Wildman–Crippen MR) is 87.2 cm³/mol. The first-order chi connectivity index (χ1) is 12.4. The molecule has 8 heteroatoms. The van der Waals surface area contributed by atoms with Gasteiger partial charge in [0.1, 0.15) is 11.5 Å². The molecule has 2 saturated carbocycles. The van der Waals surface area contributed by atoms with Crippen LogP contribution in [0, 0.1) is 5.92 Å². The summed E-state index contributed by atoms with van der Waals surface area (Å²) in [5.74, 6) is 0.583. The van der Waals surface area contributed by atoms with Gasteiger partial charge in [-0.15, -0.1) is 13.2 Å². The number of ether oxygens (including phenoxy) is 2. The largest absolute Gasteiger partial charge is 0.573 e. The number of hydrogen-bond donors (Lipinski definition) is 2. The molecule has 0 radical (unpaired) electrons. The number of fused-ring (bicyclic) bond motifs is 1. The van der Waals surface area contributed by atoms with Gasteiger partial charge in [0.2, 0.25) is 0 Å². The van der Waals surface area contributed by atoms with Crippen LogP contribution in [0.5, 0.6) is 11.5 Å². The van der Waals surface area contributed by atoms with Crippen LogP contribution in [-0.4, -0.2) is 31.1 Å². The van der Waals surface area contributed by atoms with Crippen molar-refractivity contribution in [1.82, 2.24) is 10.6 Å². The van der Waals surface area contributed by atoms with E-state index in [2.05, 4.69) is 15.4 Å². The molecule has 1 aromatic rings. The zero-order valence-electron chi connectivity index (χ0n) is 14.1. The van der Waals surface area contributed by atoms with Crippen LogP contribution in [0.4, 0.5) is 18.0 Å². The maximum absolute atomic E-state index is 12.9. The lowest BCUT2D eigenvalue weighted by atomic mass is 9.78. The third-order valence-corrected chi connectivity index (χ3v) is 5.31. The van der Waals surface area contributed by atoms with Crippen LogP contribution in [0.2, 0.25) is 0 Å². The zero-order chi connectivity index (χ0) is 18.3. The van der Waals surface area contributed by atoms with Gasteiger partial charge >= 0.3 is 12.4 Å². The summed E-state index contributed by atoms with van der Waals surface area (Å²) in [6.07, 6.45) is -0.638. The van der Waals surface area contributed by atoms with Gasteiger partial charge in [0.15, 0.2) is 0 Å². The summed E-state index contributed by atoms with van der Waals surface area (Å²) in [6.45, 7) is 0.513. The number of alkyl halides is 3. The number of rotatable bonds is 5. The number of carbonyl (C=O) groups excluding carboxylic acids is 1. The minimum absolute atomic E-state index is 0.0327. The second-order valence-corrected chi connectivity index (χ2v) is 7.31. The van der Waals surface area contributed by atoms with Crippen LogP contribution in [-0.2, 0) is 0 Å². The molecule has 3 fully saturated rings. The molecule has 1 saturated heterocycles. The Morgan fingerprint density at radius 3 is 2.50 bits per heavy atom. The van der Waals surface area contributed by atoms with Gasteiger partial charge in [0, 0.05) is 5.56 Å². The zero-order valence-corrected chi connectivity index (χ0v) is 14.1. The number of halogens is 3. The first-order valence-electron chi connectivity index (χ1n) is 8.97. The van der Waals surface area contributed by atoms with E-state index >= 15 is 0 Å². The van der Waals surface area contributed by atoms with Crippen LogP contribution in [0.1, 0.15) is 43.6 Å². The summed E-state index contributed by atoms with van der Waals surface area (Å²) in [6, 6.07) is 4.30. The number of urea groups is 1. The van der Waals surface area contributed by atoms with Gasteiger partial charge in [0.05, 0.1) is 18.7 Å². The molecule has 4 rings (SSSR count). The van der Waals surface area contributed by atoms with E-state index in [0.29, 0.717) is 43.1 Å². The molecule has 3 atom stereocenters. The number of hydrogen-bond acceptors (Lipinski definition) is 3. The monoisotopic (exact) mass is 370 g/mol. The van der Waals surface area contributed by atoms with E-state index in [1.807, 2.05) is 0 Å². The molecule has 2 aliphatic carbocycles. The quantitative estimate of drug-likeness (QED) is 0.831. The molecule has 142 valence electrons. The highest BCUT2D eigenvalue weighted by molar-refractivity contribution is 5.77. The SMILES string of the molecule is O=C1NC2CCC(c3c(OCC4CC4)cccc3OC(F)(F)F)CC2N1. The van der Waals surface area contributed by atoms with E-state index in [9.17, 15) is 18.0 Å². The Morgan fingerprint density at radius 2 is 1.77 bits per heavy atom. The van der Waals surface area contributed by atoms with Crippen LogP contribution in [0.15, 0.2) is 18.2 Å². The Morgan fingerprint density at radius 1 is 1.04 bits per heavy atom. The maximum Gasteiger partial charge on any atom is 0.573 e. The number of carbonyl (C=O) groups is 1. The summed E-state index contributed by atoms with van der Waals surface area (Å²) in [5, 5.41) is 5.70. The van der Waals surface area contributed by atoms with Gasteiger partial charge in [-0.2, -0.15) is 0 Å². The summed E-state index contributed by atoms with van der Waals surface area (Å²) in [4.78, 5) is 11.5. The molecule has 2 amide bonds. The Bertz CT molecular complexity index is 691. The fourth-order valence-electron chi connectivity index (χ4n) is 3.90. The van der Waals surface area contributed by atoms with Crippen molar-refractivity contribution in [2.75, 3.05) is 6.61 Å². The van der Waals surface area contributed by atoms with Crippen molar-refractivity contribution in [3.05, 3.63) is 23.8 Å². The molecule has 0 aromatic heterocycles. The van der Waals surface area contributed by atoms with E-state index in [-0.39, 0.29) is 29.8 Å². The molecule has 1 aromatic carbocycles. The highest BCUT2D eigenvalue weighted by Gasteiger charge is 2.40. The lowest BCUT2D eigenvalue weighted by Gasteiger charge is -2.32. The third-order valence-electron chi connectivity index (χ3n) is 5.31. The Kier molecular flexibility index (Phi) is 4.36. The topological polar surface area (TPSA) is 59.6 Å². The molecule has 26 heavy (non-hydrogen) atoms. The average molecular weight is 370 g/mol. The lowest BCUT2D eigenvalue weighted by Crippen LogP contribution is -2.39. The van der Waals surface area contributed by atoms with Gasteiger partial charge in [-0.25, -0.2) is 4.79 Å². The molecule has 0 spiro atoms. The summed E-state index contributed by atoms with van der Waals surface area (Å²) < 4.78 is 48.8. The van der Waals surface area contributed by atoms with Crippen molar-refractivity contribution in [2.45, 2.75) is 56.5 Å². The predicted octanol–water partition coefficient (Wildman–Crippen LogP) is 3.69. The standard InChI is InChI=1S/C18H21F3N2O3/c19-18(20,21)26-15-3-1-2-14(25-9-10-4-5-10)16(15)11-6-7-12-13(8-11)23-17(24)22-12/h1-3,10-13H,4-9H2,(H2,22,23,24). The van der Waals surface area contributed by atoms with Crippen molar-refractivity contribution in [2.24, 2.45) is 5.92 Å².